The number of nitrogens with zero attached hydrogens (tertiary/aromatic N) is 5. The normalized spacial score (nSPS) is 16.0. The molecule has 1 aliphatic rings. The van der Waals surface area contributed by atoms with Crippen LogP contribution in [-0.2, 0) is 6.54 Å². The topological polar surface area (TPSA) is 67.5 Å². The molecule has 0 radical (unpaired) electrons. The number of fused-ring (bicyclic) bond motifs is 1. The summed E-state index contributed by atoms with van der Waals surface area (Å²) in [6.07, 6.45) is 0. The van der Waals surface area contributed by atoms with Gasteiger partial charge in [0.2, 0.25) is 5.89 Å². The molecule has 126 valence electrons. The highest BCUT2D eigenvalue weighted by Crippen LogP contribution is 2.34. The van der Waals surface area contributed by atoms with Gasteiger partial charge < -0.3 is 14.2 Å². The van der Waals surface area contributed by atoms with Crippen LogP contribution in [0.5, 0.6) is 5.75 Å². The molecule has 0 N–H and O–H groups in total. The van der Waals surface area contributed by atoms with Gasteiger partial charge in [0.25, 0.3) is 0 Å². The second-order valence-electron chi connectivity index (χ2n) is 5.80. The smallest absolute Gasteiger partial charge is 0.223 e. The first-order chi connectivity index (χ1) is 11.7. The van der Waals surface area contributed by atoms with Crippen molar-refractivity contribution in [3.05, 3.63) is 29.9 Å². The van der Waals surface area contributed by atoms with E-state index in [1.54, 1.807) is 18.4 Å². The highest BCUT2D eigenvalue weighted by atomic mass is 32.1. The predicted molar refractivity (Wildman–Crippen MR) is 92.7 cm³/mol. The average molecular weight is 345 g/mol. The van der Waals surface area contributed by atoms with E-state index >= 15 is 0 Å². The number of hydrogen-bond acceptors (Lipinski definition) is 8. The molecule has 1 aromatic carbocycles. The first kappa shape index (κ1) is 15.3. The Morgan fingerprint density at radius 1 is 1.21 bits per heavy atom. The number of rotatable bonds is 4. The van der Waals surface area contributed by atoms with E-state index in [0.717, 1.165) is 59.6 Å². The van der Waals surface area contributed by atoms with Crippen LogP contribution < -0.4 is 9.64 Å². The van der Waals surface area contributed by atoms with Crippen molar-refractivity contribution in [3.63, 3.8) is 0 Å². The summed E-state index contributed by atoms with van der Waals surface area (Å²) in [5.74, 6) is 2.21. The number of anilines is 1. The first-order valence-corrected chi connectivity index (χ1v) is 8.74. The van der Waals surface area contributed by atoms with Crippen molar-refractivity contribution in [3.8, 4) is 5.75 Å². The zero-order valence-electron chi connectivity index (χ0n) is 13.7. The molecule has 0 amide bonds. The third-order valence-electron chi connectivity index (χ3n) is 4.17. The van der Waals surface area contributed by atoms with Gasteiger partial charge in [0, 0.05) is 33.1 Å². The van der Waals surface area contributed by atoms with Gasteiger partial charge in [-0.2, -0.15) is 4.98 Å². The fourth-order valence-corrected chi connectivity index (χ4v) is 3.95. The van der Waals surface area contributed by atoms with Crippen molar-refractivity contribution >= 4 is 26.7 Å². The zero-order valence-corrected chi connectivity index (χ0v) is 14.5. The number of piperazine rings is 1. The Balaban J connectivity index is 1.44. The Hall–Kier alpha value is -2.19. The van der Waals surface area contributed by atoms with Crippen LogP contribution >= 0.6 is 11.3 Å². The predicted octanol–water partition coefficient (Wildman–Crippen LogP) is 2.32. The molecule has 1 fully saturated rings. The monoisotopic (exact) mass is 345 g/mol. The molecule has 24 heavy (non-hydrogen) atoms. The minimum absolute atomic E-state index is 0.618. The van der Waals surface area contributed by atoms with Crippen molar-refractivity contribution < 1.29 is 9.26 Å². The Bertz CT molecular complexity index is 838. The Morgan fingerprint density at radius 2 is 2.04 bits per heavy atom. The quantitative estimate of drug-likeness (QED) is 0.719. The largest absolute Gasteiger partial charge is 0.494 e. The van der Waals surface area contributed by atoms with Crippen LogP contribution in [0.4, 0.5) is 5.13 Å². The first-order valence-electron chi connectivity index (χ1n) is 7.93. The van der Waals surface area contributed by atoms with Gasteiger partial charge in [-0.3, -0.25) is 4.90 Å². The Kier molecular flexibility index (Phi) is 4.07. The molecule has 1 aliphatic heterocycles. The fraction of sp³-hybridized carbons (Fsp3) is 0.438. The summed E-state index contributed by atoms with van der Waals surface area (Å²) in [5, 5.41) is 5.03. The maximum atomic E-state index is 5.41. The van der Waals surface area contributed by atoms with Gasteiger partial charge in [-0.25, -0.2) is 4.98 Å². The maximum absolute atomic E-state index is 5.41. The van der Waals surface area contributed by atoms with Crippen LogP contribution in [0.1, 0.15) is 11.7 Å². The number of benzene rings is 1. The number of para-hydroxylation sites is 1. The molecule has 8 heteroatoms. The van der Waals surface area contributed by atoms with Gasteiger partial charge in [0.05, 0.1) is 18.4 Å². The van der Waals surface area contributed by atoms with Crippen LogP contribution in [0.15, 0.2) is 22.7 Å². The van der Waals surface area contributed by atoms with E-state index in [1.165, 1.54) is 0 Å². The summed E-state index contributed by atoms with van der Waals surface area (Å²) in [5.41, 5.74) is 0.949. The minimum atomic E-state index is 0.618. The summed E-state index contributed by atoms with van der Waals surface area (Å²) >= 11 is 1.72. The molecule has 0 bridgehead atoms. The van der Waals surface area contributed by atoms with Crippen LogP contribution in [0.3, 0.4) is 0 Å². The van der Waals surface area contributed by atoms with Gasteiger partial charge >= 0.3 is 0 Å². The molecule has 1 saturated heterocycles. The minimum Gasteiger partial charge on any atom is -0.494 e. The van der Waals surface area contributed by atoms with E-state index in [-0.39, 0.29) is 0 Å². The molecule has 3 heterocycles. The number of methoxy groups -OCH3 is 1. The molecule has 3 aromatic rings. The molecule has 2 aromatic heterocycles. The second-order valence-corrected chi connectivity index (χ2v) is 6.81. The highest BCUT2D eigenvalue weighted by molar-refractivity contribution is 7.22. The van der Waals surface area contributed by atoms with Crippen molar-refractivity contribution in [2.24, 2.45) is 0 Å². The zero-order chi connectivity index (χ0) is 16.5. The highest BCUT2D eigenvalue weighted by Gasteiger charge is 2.21. The van der Waals surface area contributed by atoms with E-state index in [0.29, 0.717) is 5.89 Å². The molecule has 0 spiro atoms. The van der Waals surface area contributed by atoms with Gasteiger partial charge in [-0.1, -0.05) is 22.6 Å². The number of thiazole rings is 1. The molecule has 4 rings (SSSR count). The molecule has 0 aliphatic carbocycles. The molecular formula is C16H19N5O2S. The molecule has 7 nitrogen and oxygen atoms in total. The van der Waals surface area contributed by atoms with Gasteiger partial charge in [0.15, 0.2) is 11.0 Å². The summed E-state index contributed by atoms with van der Waals surface area (Å²) in [4.78, 5) is 13.7. The van der Waals surface area contributed by atoms with E-state index in [4.69, 9.17) is 14.2 Å². The Morgan fingerprint density at radius 3 is 2.75 bits per heavy atom. The molecule has 0 atom stereocenters. The third-order valence-corrected chi connectivity index (χ3v) is 5.25. The second kappa shape index (κ2) is 6.37. The Labute approximate surface area is 143 Å². The van der Waals surface area contributed by atoms with Crippen molar-refractivity contribution in [2.45, 2.75) is 13.5 Å². The molecule has 0 saturated carbocycles. The summed E-state index contributed by atoms with van der Waals surface area (Å²) < 4.78 is 11.6. The van der Waals surface area contributed by atoms with Crippen LogP contribution in [-0.4, -0.2) is 53.3 Å². The van der Waals surface area contributed by atoms with Crippen molar-refractivity contribution in [1.29, 1.82) is 0 Å². The average Bonchev–Trinajstić information content (AvgIpc) is 3.21. The molecular weight excluding hydrogens is 326 g/mol. The molecule has 0 unspecified atom stereocenters. The summed E-state index contributed by atoms with van der Waals surface area (Å²) in [6.45, 7) is 6.36. The standard InChI is InChI=1S/C16H19N5O2S/c1-11-17-14(19-23-11)10-20-6-8-21(9-7-20)16-18-15-12(22-2)4-3-5-13(15)24-16/h3-5H,6-10H2,1-2H3. The number of aromatic nitrogens is 3. The van der Waals surface area contributed by atoms with Gasteiger partial charge in [-0.15, -0.1) is 0 Å². The van der Waals surface area contributed by atoms with Crippen molar-refractivity contribution in [1.82, 2.24) is 20.0 Å². The van der Waals surface area contributed by atoms with Crippen LogP contribution in [0.2, 0.25) is 0 Å². The maximum Gasteiger partial charge on any atom is 0.223 e. The van der Waals surface area contributed by atoms with Crippen LogP contribution in [0, 0.1) is 6.92 Å². The number of aryl methyl sites for hydroxylation is 1. The SMILES string of the molecule is COc1cccc2sc(N3CCN(Cc4noc(C)n4)CC3)nc12. The lowest BCUT2D eigenvalue weighted by Crippen LogP contribution is -2.46. The lowest BCUT2D eigenvalue weighted by molar-refractivity contribution is 0.240. The number of ether oxygens (including phenoxy) is 1. The van der Waals surface area contributed by atoms with Crippen LogP contribution in [0.25, 0.3) is 10.2 Å². The van der Waals surface area contributed by atoms with Crippen molar-refractivity contribution in [2.75, 3.05) is 38.2 Å². The lowest BCUT2D eigenvalue weighted by Gasteiger charge is -2.33. The lowest BCUT2D eigenvalue weighted by atomic mass is 10.3. The third kappa shape index (κ3) is 2.94. The fourth-order valence-electron chi connectivity index (χ4n) is 2.91. The van der Waals surface area contributed by atoms with E-state index < -0.39 is 0 Å². The van der Waals surface area contributed by atoms with E-state index in [9.17, 15) is 0 Å². The summed E-state index contributed by atoms with van der Waals surface area (Å²) in [7, 11) is 1.69. The van der Waals surface area contributed by atoms with E-state index in [1.807, 2.05) is 19.1 Å². The van der Waals surface area contributed by atoms with Gasteiger partial charge in [-0.05, 0) is 12.1 Å². The van der Waals surface area contributed by atoms with Gasteiger partial charge in [0.1, 0.15) is 11.3 Å². The summed E-state index contributed by atoms with van der Waals surface area (Å²) in [6, 6.07) is 6.05. The van der Waals surface area contributed by atoms with E-state index in [2.05, 4.69) is 26.0 Å². The number of hydrogen-bond donors (Lipinski definition) is 0.